The number of hydrogen-bond donors (Lipinski definition) is 1. The topological polar surface area (TPSA) is 37.3 Å². The lowest BCUT2D eigenvalue weighted by Crippen LogP contribution is -2.22. The van der Waals surface area contributed by atoms with Gasteiger partial charge in [0.1, 0.15) is 7.14 Å². The molecular formula is C8H13O2P. The van der Waals surface area contributed by atoms with Gasteiger partial charge in [0.05, 0.1) is 5.60 Å². The Morgan fingerprint density at radius 2 is 2.36 bits per heavy atom. The van der Waals surface area contributed by atoms with Crippen molar-refractivity contribution in [1.82, 2.24) is 0 Å². The molecule has 1 saturated heterocycles. The lowest BCUT2D eigenvalue weighted by Gasteiger charge is -2.18. The van der Waals surface area contributed by atoms with E-state index in [1.54, 1.807) is 6.66 Å². The van der Waals surface area contributed by atoms with Crippen LogP contribution >= 0.6 is 7.14 Å². The van der Waals surface area contributed by atoms with E-state index in [4.69, 9.17) is 0 Å². The van der Waals surface area contributed by atoms with Crippen molar-refractivity contribution >= 4 is 7.14 Å². The monoisotopic (exact) mass is 172 g/mol. The van der Waals surface area contributed by atoms with E-state index in [2.05, 4.69) is 0 Å². The summed E-state index contributed by atoms with van der Waals surface area (Å²) in [5.41, 5.74) is -0.662. The zero-order valence-electron chi connectivity index (χ0n) is 6.71. The number of aliphatic hydroxyl groups is 1. The van der Waals surface area contributed by atoms with Crippen LogP contribution in [0.1, 0.15) is 19.3 Å². The Morgan fingerprint density at radius 3 is 3.00 bits per heavy atom. The molecule has 0 bridgehead atoms. The van der Waals surface area contributed by atoms with E-state index >= 15 is 0 Å². The van der Waals surface area contributed by atoms with E-state index in [0.717, 1.165) is 18.2 Å². The molecule has 2 aliphatic rings. The van der Waals surface area contributed by atoms with Gasteiger partial charge in [-0.15, -0.1) is 0 Å². The summed E-state index contributed by atoms with van der Waals surface area (Å²) < 4.78 is 11.8. The minimum Gasteiger partial charge on any atom is -0.385 e. The summed E-state index contributed by atoms with van der Waals surface area (Å²) in [5.74, 6) is 0. The van der Waals surface area contributed by atoms with Crippen LogP contribution in [-0.2, 0) is 4.57 Å². The molecule has 2 unspecified atom stereocenters. The molecule has 0 amide bonds. The molecule has 0 aromatic heterocycles. The summed E-state index contributed by atoms with van der Waals surface area (Å²) in [6, 6.07) is 0. The molecule has 0 spiro atoms. The molecule has 1 N–H and O–H groups in total. The zero-order chi connectivity index (χ0) is 8.11. The highest BCUT2D eigenvalue weighted by molar-refractivity contribution is 7.68. The van der Waals surface area contributed by atoms with Crippen molar-refractivity contribution in [1.29, 1.82) is 0 Å². The van der Waals surface area contributed by atoms with Gasteiger partial charge in [-0.25, -0.2) is 0 Å². The summed E-state index contributed by atoms with van der Waals surface area (Å²) in [7, 11) is -2.10. The quantitative estimate of drug-likeness (QED) is 0.565. The second-order valence-corrected chi connectivity index (χ2v) is 6.86. The highest BCUT2D eigenvalue weighted by Gasteiger charge is 2.48. The fraction of sp³-hybridized carbons (Fsp3) is 0.750. The molecule has 1 aliphatic carbocycles. The molecule has 0 radical (unpaired) electrons. The minimum atomic E-state index is -2.10. The van der Waals surface area contributed by atoms with E-state index in [1.165, 1.54) is 0 Å². The number of rotatable bonds is 0. The normalized spacial score (nSPS) is 49.1. The lowest BCUT2D eigenvalue weighted by atomic mass is 10.0. The van der Waals surface area contributed by atoms with Crippen LogP contribution in [0.25, 0.3) is 0 Å². The Labute approximate surface area is 66.7 Å². The molecule has 0 saturated carbocycles. The first-order valence-corrected chi connectivity index (χ1v) is 6.39. The van der Waals surface area contributed by atoms with Crippen molar-refractivity contribution in [2.45, 2.75) is 24.9 Å². The maximum Gasteiger partial charge on any atom is 0.111 e. The van der Waals surface area contributed by atoms with E-state index < -0.39 is 12.7 Å². The maximum atomic E-state index is 11.8. The van der Waals surface area contributed by atoms with Crippen molar-refractivity contribution in [2.75, 3.05) is 12.8 Å². The first-order chi connectivity index (χ1) is 5.05. The fourth-order valence-corrected chi connectivity index (χ4v) is 4.83. The second-order valence-electron chi connectivity index (χ2n) is 3.73. The van der Waals surface area contributed by atoms with Crippen LogP contribution in [0.15, 0.2) is 11.4 Å². The molecule has 2 rings (SSSR count). The SMILES string of the molecule is CP1(=O)CCC2(O)CCC=C21. The van der Waals surface area contributed by atoms with Gasteiger partial charge in [0, 0.05) is 11.5 Å². The molecule has 1 fully saturated rings. The van der Waals surface area contributed by atoms with E-state index in [0.29, 0.717) is 12.6 Å². The molecule has 62 valence electrons. The van der Waals surface area contributed by atoms with Crippen molar-refractivity contribution in [3.8, 4) is 0 Å². The predicted octanol–water partition coefficient (Wildman–Crippen LogP) is 1.79. The van der Waals surface area contributed by atoms with Crippen molar-refractivity contribution < 1.29 is 9.67 Å². The second kappa shape index (κ2) is 1.99. The third-order valence-corrected chi connectivity index (χ3v) is 5.53. The van der Waals surface area contributed by atoms with Crippen LogP contribution in [-0.4, -0.2) is 23.5 Å². The van der Waals surface area contributed by atoms with Gasteiger partial charge in [-0.1, -0.05) is 6.08 Å². The van der Waals surface area contributed by atoms with Crippen LogP contribution < -0.4 is 0 Å². The number of hydrogen-bond acceptors (Lipinski definition) is 2. The summed E-state index contributed by atoms with van der Waals surface area (Å²) in [6.45, 7) is 1.79. The van der Waals surface area contributed by atoms with Gasteiger partial charge in [0.15, 0.2) is 0 Å². The average Bonchev–Trinajstić information content (AvgIpc) is 2.36. The smallest absolute Gasteiger partial charge is 0.111 e. The third kappa shape index (κ3) is 0.929. The van der Waals surface area contributed by atoms with Crippen molar-refractivity contribution in [2.24, 2.45) is 0 Å². The fourth-order valence-electron chi connectivity index (χ4n) is 2.17. The molecule has 3 heteroatoms. The summed E-state index contributed by atoms with van der Waals surface area (Å²) >= 11 is 0. The molecule has 2 nitrogen and oxygen atoms in total. The van der Waals surface area contributed by atoms with E-state index in [-0.39, 0.29) is 0 Å². The van der Waals surface area contributed by atoms with Crippen LogP contribution in [0.5, 0.6) is 0 Å². The highest BCUT2D eigenvalue weighted by Crippen LogP contribution is 2.65. The van der Waals surface area contributed by atoms with Gasteiger partial charge in [0.25, 0.3) is 0 Å². The number of fused-ring (bicyclic) bond motifs is 1. The molecular weight excluding hydrogens is 159 g/mol. The Hall–Kier alpha value is -0.0700. The van der Waals surface area contributed by atoms with Crippen molar-refractivity contribution in [3.63, 3.8) is 0 Å². The van der Waals surface area contributed by atoms with Crippen LogP contribution in [0.4, 0.5) is 0 Å². The Bertz CT molecular complexity index is 269. The van der Waals surface area contributed by atoms with Gasteiger partial charge in [-0.2, -0.15) is 0 Å². The summed E-state index contributed by atoms with van der Waals surface area (Å²) in [5, 5.41) is 10.8. The van der Waals surface area contributed by atoms with Gasteiger partial charge in [-0.05, 0) is 25.9 Å². The average molecular weight is 172 g/mol. The van der Waals surface area contributed by atoms with Gasteiger partial charge in [0.2, 0.25) is 0 Å². The molecule has 0 aromatic rings. The standard InChI is InChI=1S/C8H13O2P/c1-11(10)6-5-8(9)4-2-3-7(8)11/h3,9H,2,4-6H2,1H3. The zero-order valence-corrected chi connectivity index (χ0v) is 7.60. The maximum absolute atomic E-state index is 11.8. The molecule has 11 heavy (non-hydrogen) atoms. The van der Waals surface area contributed by atoms with Gasteiger partial charge < -0.3 is 9.67 Å². The summed E-state index contributed by atoms with van der Waals surface area (Å²) in [6.07, 6.45) is 5.10. The first kappa shape index (κ1) is 7.57. The van der Waals surface area contributed by atoms with E-state index in [1.807, 2.05) is 6.08 Å². The first-order valence-electron chi connectivity index (χ1n) is 4.05. The lowest BCUT2D eigenvalue weighted by molar-refractivity contribution is 0.0890. The largest absolute Gasteiger partial charge is 0.385 e. The molecule has 1 aliphatic heterocycles. The molecule has 0 aromatic carbocycles. The minimum absolute atomic E-state index is 0.662. The Morgan fingerprint density at radius 1 is 1.64 bits per heavy atom. The van der Waals surface area contributed by atoms with Crippen LogP contribution in [0, 0.1) is 0 Å². The third-order valence-electron chi connectivity index (χ3n) is 2.83. The van der Waals surface area contributed by atoms with Crippen LogP contribution in [0.3, 0.4) is 0 Å². The molecule has 1 heterocycles. The summed E-state index contributed by atoms with van der Waals surface area (Å²) in [4.78, 5) is 0. The van der Waals surface area contributed by atoms with E-state index in [9.17, 15) is 9.67 Å². The predicted molar refractivity (Wildman–Crippen MR) is 45.3 cm³/mol. The molecule has 2 atom stereocenters. The Kier molecular flexibility index (Phi) is 1.37. The van der Waals surface area contributed by atoms with Gasteiger partial charge >= 0.3 is 0 Å². The number of allylic oxidation sites excluding steroid dienone is 1. The van der Waals surface area contributed by atoms with Crippen molar-refractivity contribution in [3.05, 3.63) is 11.4 Å². The van der Waals surface area contributed by atoms with Gasteiger partial charge in [-0.3, -0.25) is 0 Å². The highest BCUT2D eigenvalue weighted by atomic mass is 31.2. The van der Waals surface area contributed by atoms with Crippen LogP contribution in [0.2, 0.25) is 0 Å². The Balaban J connectivity index is 2.47.